The summed E-state index contributed by atoms with van der Waals surface area (Å²) in [5.74, 6) is 0.666. The summed E-state index contributed by atoms with van der Waals surface area (Å²) in [5.41, 5.74) is 0.414. The highest BCUT2D eigenvalue weighted by molar-refractivity contribution is 7.92. The topological polar surface area (TPSA) is 104 Å². The van der Waals surface area contributed by atoms with Crippen LogP contribution in [0.5, 0.6) is 17.4 Å². The molecule has 0 aliphatic carbocycles. The lowest BCUT2D eigenvalue weighted by Crippen LogP contribution is -2.14. The first-order chi connectivity index (χ1) is 13.9. The smallest absolute Gasteiger partial charge is 0.337 e. The van der Waals surface area contributed by atoms with E-state index in [0.717, 1.165) is 0 Å². The second-order valence-electron chi connectivity index (χ2n) is 5.76. The summed E-state index contributed by atoms with van der Waals surface area (Å²) in [6.45, 7) is 0. The van der Waals surface area contributed by atoms with Crippen LogP contribution < -0.4 is 14.2 Å². The molecule has 0 aliphatic heterocycles. The van der Waals surface area contributed by atoms with E-state index in [1.165, 1.54) is 43.6 Å². The zero-order valence-corrected chi connectivity index (χ0v) is 16.5. The molecule has 0 amide bonds. The monoisotopic (exact) mass is 414 g/mol. The van der Waals surface area contributed by atoms with Crippen molar-refractivity contribution in [2.75, 3.05) is 18.9 Å². The summed E-state index contributed by atoms with van der Waals surface area (Å²) < 4.78 is 43.3. The average molecular weight is 414 g/mol. The van der Waals surface area contributed by atoms with Gasteiger partial charge < -0.3 is 14.2 Å². The number of nitrogens with one attached hydrogen (secondary N) is 1. The minimum atomic E-state index is -3.93. The van der Waals surface area contributed by atoms with Gasteiger partial charge in [0.25, 0.3) is 10.0 Å². The van der Waals surface area contributed by atoms with Crippen LogP contribution in [-0.2, 0) is 14.8 Å². The highest BCUT2D eigenvalue weighted by Gasteiger charge is 2.18. The van der Waals surface area contributed by atoms with E-state index in [1.54, 1.807) is 37.4 Å². The molecule has 3 rings (SSSR count). The van der Waals surface area contributed by atoms with E-state index in [1.807, 2.05) is 0 Å². The third-order valence-electron chi connectivity index (χ3n) is 3.88. The normalized spacial score (nSPS) is 10.8. The van der Waals surface area contributed by atoms with Crippen molar-refractivity contribution in [2.45, 2.75) is 4.90 Å². The third kappa shape index (κ3) is 4.82. The molecule has 2 aromatic carbocycles. The van der Waals surface area contributed by atoms with Crippen LogP contribution in [0.2, 0.25) is 0 Å². The lowest BCUT2D eigenvalue weighted by atomic mass is 10.2. The molecule has 0 atom stereocenters. The fourth-order valence-corrected chi connectivity index (χ4v) is 3.45. The number of aromatic nitrogens is 1. The van der Waals surface area contributed by atoms with Crippen LogP contribution in [0.3, 0.4) is 0 Å². The summed E-state index contributed by atoms with van der Waals surface area (Å²) >= 11 is 0. The van der Waals surface area contributed by atoms with Crippen LogP contribution >= 0.6 is 0 Å². The molecule has 0 spiro atoms. The quantitative estimate of drug-likeness (QED) is 0.590. The van der Waals surface area contributed by atoms with Crippen LogP contribution in [0.4, 0.5) is 5.69 Å². The fraction of sp³-hybridized carbons (Fsp3) is 0.100. The summed E-state index contributed by atoms with van der Waals surface area (Å²) in [5, 5.41) is 0. The number of nitrogens with zero attached hydrogens (tertiary/aromatic N) is 1. The SMILES string of the molecule is COC(=O)c1ccc(S(=O)(=O)Nc2cccnc2Oc2ccc(OC)cc2)cc1. The Bertz CT molecular complexity index is 1100. The van der Waals surface area contributed by atoms with Crippen molar-refractivity contribution in [1.82, 2.24) is 4.98 Å². The number of carbonyl (C=O) groups is 1. The fourth-order valence-electron chi connectivity index (χ4n) is 2.40. The standard InChI is InChI=1S/C20H18N2O6S/c1-26-15-7-9-16(10-8-15)28-19-18(4-3-13-21-19)22-29(24,25)17-11-5-14(6-12-17)20(23)27-2/h3-13,22H,1-2H3. The molecule has 0 saturated heterocycles. The first-order valence-electron chi connectivity index (χ1n) is 8.41. The minimum absolute atomic E-state index is 0.0237. The van der Waals surface area contributed by atoms with Crippen molar-refractivity contribution >= 4 is 21.7 Å². The number of esters is 1. The van der Waals surface area contributed by atoms with E-state index in [4.69, 9.17) is 9.47 Å². The van der Waals surface area contributed by atoms with Gasteiger partial charge in [0.15, 0.2) is 0 Å². The Morgan fingerprint density at radius 2 is 1.59 bits per heavy atom. The number of benzene rings is 2. The Morgan fingerprint density at radius 1 is 0.931 bits per heavy atom. The van der Waals surface area contributed by atoms with Crippen LogP contribution in [0.1, 0.15) is 10.4 Å². The molecule has 0 unspecified atom stereocenters. The van der Waals surface area contributed by atoms with Crippen LogP contribution in [-0.4, -0.2) is 33.6 Å². The molecule has 1 heterocycles. The van der Waals surface area contributed by atoms with Crippen molar-refractivity contribution in [3.05, 3.63) is 72.4 Å². The Kier molecular flexibility index (Phi) is 5.99. The Morgan fingerprint density at radius 3 is 2.21 bits per heavy atom. The van der Waals surface area contributed by atoms with E-state index in [9.17, 15) is 13.2 Å². The van der Waals surface area contributed by atoms with Gasteiger partial charge in [0, 0.05) is 6.20 Å². The molecule has 0 saturated carbocycles. The highest BCUT2D eigenvalue weighted by Crippen LogP contribution is 2.29. The van der Waals surface area contributed by atoms with Gasteiger partial charge in [0.2, 0.25) is 5.88 Å². The number of methoxy groups -OCH3 is 2. The van der Waals surface area contributed by atoms with Gasteiger partial charge in [-0.1, -0.05) is 0 Å². The maximum atomic E-state index is 12.7. The van der Waals surface area contributed by atoms with Gasteiger partial charge in [0.05, 0.1) is 24.7 Å². The Hall–Kier alpha value is -3.59. The van der Waals surface area contributed by atoms with Crippen molar-refractivity contribution in [2.24, 2.45) is 0 Å². The number of anilines is 1. The molecule has 29 heavy (non-hydrogen) atoms. The zero-order chi connectivity index (χ0) is 20.9. The summed E-state index contributed by atoms with van der Waals surface area (Å²) in [6, 6.07) is 15.3. The molecule has 3 aromatic rings. The van der Waals surface area contributed by atoms with Crippen molar-refractivity contribution in [3.8, 4) is 17.4 Å². The maximum Gasteiger partial charge on any atom is 0.337 e. The molecular formula is C20H18N2O6S. The average Bonchev–Trinajstić information content (AvgIpc) is 2.75. The second kappa shape index (κ2) is 8.61. The van der Waals surface area contributed by atoms with Gasteiger partial charge in [-0.15, -0.1) is 0 Å². The van der Waals surface area contributed by atoms with E-state index < -0.39 is 16.0 Å². The molecule has 0 bridgehead atoms. The van der Waals surface area contributed by atoms with Gasteiger partial charge in [0.1, 0.15) is 17.2 Å². The molecule has 1 N–H and O–H groups in total. The molecule has 150 valence electrons. The molecule has 0 aliphatic rings. The van der Waals surface area contributed by atoms with Crippen LogP contribution in [0.25, 0.3) is 0 Å². The Balaban J connectivity index is 1.82. The van der Waals surface area contributed by atoms with E-state index >= 15 is 0 Å². The van der Waals surface area contributed by atoms with Gasteiger partial charge in [-0.25, -0.2) is 18.2 Å². The number of pyridine rings is 1. The van der Waals surface area contributed by atoms with Crippen LogP contribution in [0, 0.1) is 0 Å². The van der Waals surface area contributed by atoms with E-state index in [0.29, 0.717) is 11.5 Å². The molecular weight excluding hydrogens is 396 g/mol. The molecule has 0 fully saturated rings. The Labute approximate surface area is 168 Å². The van der Waals surface area contributed by atoms with E-state index in [-0.39, 0.29) is 22.0 Å². The molecule has 0 radical (unpaired) electrons. The third-order valence-corrected chi connectivity index (χ3v) is 5.26. The van der Waals surface area contributed by atoms with Crippen molar-refractivity contribution in [1.29, 1.82) is 0 Å². The van der Waals surface area contributed by atoms with Crippen LogP contribution in [0.15, 0.2) is 71.8 Å². The lowest BCUT2D eigenvalue weighted by Gasteiger charge is -2.13. The maximum absolute atomic E-state index is 12.7. The van der Waals surface area contributed by atoms with Crippen molar-refractivity contribution < 1.29 is 27.4 Å². The first kappa shape index (κ1) is 20.2. The molecule has 9 heteroatoms. The van der Waals surface area contributed by atoms with Gasteiger partial charge in [-0.2, -0.15) is 0 Å². The molecule has 1 aromatic heterocycles. The van der Waals surface area contributed by atoms with Crippen molar-refractivity contribution in [3.63, 3.8) is 0 Å². The second-order valence-corrected chi connectivity index (χ2v) is 7.44. The molecule has 8 nitrogen and oxygen atoms in total. The number of rotatable bonds is 7. The van der Waals surface area contributed by atoms with Gasteiger partial charge in [-0.3, -0.25) is 4.72 Å². The van der Waals surface area contributed by atoms with E-state index in [2.05, 4.69) is 14.4 Å². The predicted molar refractivity (Wildman–Crippen MR) is 106 cm³/mol. The lowest BCUT2D eigenvalue weighted by molar-refractivity contribution is 0.0600. The first-order valence-corrected chi connectivity index (χ1v) is 9.89. The van der Waals surface area contributed by atoms with Gasteiger partial charge >= 0.3 is 5.97 Å². The summed E-state index contributed by atoms with van der Waals surface area (Å²) in [7, 11) is -1.12. The minimum Gasteiger partial charge on any atom is -0.497 e. The highest BCUT2D eigenvalue weighted by atomic mass is 32.2. The number of hydrogen-bond acceptors (Lipinski definition) is 7. The predicted octanol–water partition coefficient (Wildman–Crippen LogP) is 3.47. The summed E-state index contributed by atoms with van der Waals surface area (Å²) in [6.07, 6.45) is 1.49. The number of hydrogen-bond donors (Lipinski definition) is 1. The number of sulfonamides is 1. The summed E-state index contributed by atoms with van der Waals surface area (Å²) in [4.78, 5) is 15.6. The number of carbonyl (C=O) groups excluding carboxylic acids is 1. The largest absolute Gasteiger partial charge is 0.497 e. The zero-order valence-electron chi connectivity index (χ0n) is 15.7. The number of ether oxygens (including phenoxy) is 3. The van der Waals surface area contributed by atoms with Gasteiger partial charge in [-0.05, 0) is 60.7 Å².